The van der Waals surface area contributed by atoms with Crippen molar-refractivity contribution >= 4 is 17.7 Å². The molecule has 1 aliphatic rings. The van der Waals surface area contributed by atoms with E-state index < -0.39 is 0 Å². The quantitative estimate of drug-likeness (QED) is 0.841. The summed E-state index contributed by atoms with van der Waals surface area (Å²) in [7, 11) is 0. The van der Waals surface area contributed by atoms with E-state index in [1.807, 2.05) is 26.8 Å². The number of imide groups is 1. The van der Waals surface area contributed by atoms with Crippen LogP contribution in [0.5, 0.6) is 0 Å². The van der Waals surface area contributed by atoms with E-state index in [0.29, 0.717) is 16.7 Å². The maximum absolute atomic E-state index is 12.5. The number of amides is 3. The molecule has 2 aromatic rings. The maximum Gasteiger partial charge on any atom is 0.261 e. The Bertz CT molecular complexity index is 851. The monoisotopic (exact) mass is 350 g/mol. The summed E-state index contributed by atoms with van der Waals surface area (Å²) in [5.41, 5.74) is 1.81. The van der Waals surface area contributed by atoms with Gasteiger partial charge in [-0.25, -0.2) is 0 Å². The number of rotatable bonds is 5. The minimum atomic E-state index is -0.299. The van der Waals surface area contributed by atoms with Crippen LogP contribution in [-0.2, 0) is 6.54 Å². The van der Waals surface area contributed by atoms with Crippen LogP contribution in [0.15, 0.2) is 48.5 Å². The minimum absolute atomic E-state index is 0.143. The van der Waals surface area contributed by atoms with Crippen molar-refractivity contribution in [3.05, 3.63) is 70.8 Å². The number of fused-ring (bicyclic) bond motifs is 1. The highest BCUT2D eigenvalue weighted by Gasteiger charge is 2.35. The molecule has 0 spiro atoms. The summed E-state index contributed by atoms with van der Waals surface area (Å²) in [6.07, 6.45) is 0.813. The lowest BCUT2D eigenvalue weighted by molar-refractivity contribution is 0.0642. The van der Waals surface area contributed by atoms with Crippen molar-refractivity contribution in [2.24, 2.45) is 0 Å². The average Bonchev–Trinajstić information content (AvgIpc) is 2.87. The van der Waals surface area contributed by atoms with Crippen molar-refractivity contribution in [2.45, 2.75) is 39.3 Å². The number of benzene rings is 2. The van der Waals surface area contributed by atoms with Gasteiger partial charge in [0.2, 0.25) is 0 Å². The molecule has 1 N–H and O–H groups in total. The summed E-state index contributed by atoms with van der Waals surface area (Å²) < 4.78 is 0. The maximum atomic E-state index is 12.5. The molecule has 0 fully saturated rings. The van der Waals surface area contributed by atoms with Gasteiger partial charge in [-0.1, -0.05) is 31.2 Å². The molecule has 0 aliphatic carbocycles. The van der Waals surface area contributed by atoms with Crippen LogP contribution >= 0.6 is 0 Å². The SMILES string of the molecule is CCC(C)(C)NC(=O)c1cccc(CN2C(=O)c3ccccc3C2=O)c1. The van der Waals surface area contributed by atoms with Crippen molar-refractivity contribution in [1.82, 2.24) is 10.2 Å². The summed E-state index contributed by atoms with van der Waals surface area (Å²) in [4.78, 5) is 38.6. The molecule has 134 valence electrons. The fraction of sp³-hybridized carbons (Fsp3) is 0.286. The normalized spacial score (nSPS) is 13.7. The standard InChI is InChI=1S/C21H22N2O3/c1-4-21(2,3)22-18(24)15-9-7-8-14(12-15)13-23-19(25)16-10-5-6-11-17(16)20(23)26/h5-12H,4,13H2,1-3H3,(H,22,24). The predicted molar refractivity (Wildman–Crippen MR) is 98.9 cm³/mol. The van der Waals surface area contributed by atoms with Gasteiger partial charge in [-0.3, -0.25) is 19.3 Å². The van der Waals surface area contributed by atoms with Crippen molar-refractivity contribution < 1.29 is 14.4 Å². The van der Waals surface area contributed by atoms with Gasteiger partial charge in [0, 0.05) is 11.1 Å². The van der Waals surface area contributed by atoms with Gasteiger partial charge < -0.3 is 5.32 Å². The van der Waals surface area contributed by atoms with Crippen LogP contribution in [0.3, 0.4) is 0 Å². The molecule has 1 heterocycles. The Labute approximate surface area is 153 Å². The molecule has 2 aromatic carbocycles. The molecule has 0 radical (unpaired) electrons. The molecule has 0 saturated carbocycles. The average molecular weight is 350 g/mol. The van der Waals surface area contributed by atoms with E-state index in [0.717, 1.165) is 12.0 Å². The van der Waals surface area contributed by atoms with Crippen molar-refractivity contribution in [1.29, 1.82) is 0 Å². The van der Waals surface area contributed by atoms with E-state index in [4.69, 9.17) is 0 Å². The molecule has 0 atom stereocenters. The second kappa shape index (κ2) is 6.75. The smallest absolute Gasteiger partial charge is 0.261 e. The lowest BCUT2D eigenvalue weighted by Crippen LogP contribution is -2.42. The third kappa shape index (κ3) is 3.38. The number of nitrogens with zero attached hydrogens (tertiary/aromatic N) is 1. The summed E-state index contributed by atoms with van der Waals surface area (Å²) >= 11 is 0. The van der Waals surface area contributed by atoms with Gasteiger partial charge in [-0.15, -0.1) is 0 Å². The third-order valence-corrected chi connectivity index (χ3v) is 4.74. The summed E-state index contributed by atoms with van der Waals surface area (Å²) in [6, 6.07) is 13.8. The van der Waals surface area contributed by atoms with Crippen LogP contribution in [-0.4, -0.2) is 28.2 Å². The Morgan fingerprint density at radius 1 is 1.00 bits per heavy atom. The van der Waals surface area contributed by atoms with Crippen molar-refractivity contribution in [2.75, 3.05) is 0 Å². The fourth-order valence-electron chi connectivity index (χ4n) is 2.84. The molecular weight excluding hydrogens is 328 g/mol. The van der Waals surface area contributed by atoms with Gasteiger partial charge >= 0.3 is 0 Å². The Hall–Kier alpha value is -2.95. The minimum Gasteiger partial charge on any atom is -0.347 e. The molecule has 3 rings (SSSR count). The molecule has 26 heavy (non-hydrogen) atoms. The highest BCUT2D eigenvalue weighted by Crippen LogP contribution is 2.24. The van der Waals surface area contributed by atoms with Crippen LogP contribution in [0.2, 0.25) is 0 Å². The second-order valence-corrected chi connectivity index (χ2v) is 7.13. The molecule has 3 amide bonds. The van der Waals surface area contributed by atoms with Crippen molar-refractivity contribution in [3.63, 3.8) is 0 Å². The third-order valence-electron chi connectivity index (χ3n) is 4.74. The second-order valence-electron chi connectivity index (χ2n) is 7.13. The lowest BCUT2D eigenvalue weighted by atomic mass is 10.0. The van der Waals surface area contributed by atoms with Crippen LogP contribution in [0.1, 0.15) is 63.8 Å². The Kier molecular flexibility index (Phi) is 4.64. The largest absolute Gasteiger partial charge is 0.347 e. The van der Waals surface area contributed by atoms with Gasteiger partial charge in [-0.05, 0) is 50.1 Å². The molecule has 0 bridgehead atoms. The molecule has 5 nitrogen and oxygen atoms in total. The summed E-state index contributed by atoms with van der Waals surface area (Å²) in [5.74, 6) is -0.763. The highest BCUT2D eigenvalue weighted by molar-refractivity contribution is 6.21. The van der Waals surface area contributed by atoms with Gasteiger partial charge in [0.1, 0.15) is 0 Å². The zero-order valence-electron chi connectivity index (χ0n) is 15.2. The first-order valence-corrected chi connectivity index (χ1v) is 8.69. The van der Waals surface area contributed by atoms with Gasteiger partial charge in [0.15, 0.2) is 0 Å². The zero-order chi connectivity index (χ0) is 18.9. The van der Waals surface area contributed by atoms with E-state index in [2.05, 4.69) is 5.32 Å². The van der Waals surface area contributed by atoms with E-state index in [-0.39, 0.29) is 29.8 Å². The van der Waals surface area contributed by atoms with Gasteiger partial charge in [-0.2, -0.15) is 0 Å². The number of hydrogen-bond donors (Lipinski definition) is 1. The highest BCUT2D eigenvalue weighted by atomic mass is 16.2. The topological polar surface area (TPSA) is 66.5 Å². The van der Waals surface area contributed by atoms with E-state index in [9.17, 15) is 14.4 Å². The van der Waals surface area contributed by atoms with Gasteiger partial charge in [0.05, 0.1) is 17.7 Å². The molecule has 0 aromatic heterocycles. The van der Waals surface area contributed by atoms with Crippen LogP contribution in [0.4, 0.5) is 0 Å². The molecule has 0 saturated heterocycles. The molecular formula is C21H22N2O3. The van der Waals surface area contributed by atoms with Gasteiger partial charge in [0.25, 0.3) is 17.7 Å². The first-order valence-electron chi connectivity index (χ1n) is 8.69. The van der Waals surface area contributed by atoms with Crippen molar-refractivity contribution in [3.8, 4) is 0 Å². The Balaban J connectivity index is 1.79. The summed E-state index contributed by atoms with van der Waals surface area (Å²) in [6.45, 7) is 6.09. The Morgan fingerprint density at radius 3 is 2.19 bits per heavy atom. The molecule has 5 heteroatoms. The van der Waals surface area contributed by atoms with E-state index in [1.165, 1.54) is 4.90 Å². The van der Waals surface area contributed by atoms with E-state index in [1.54, 1.807) is 42.5 Å². The predicted octanol–water partition coefficient (Wildman–Crippen LogP) is 3.40. The fourth-order valence-corrected chi connectivity index (χ4v) is 2.84. The number of carbonyl (C=O) groups is 3. The Morgan fingerprint density at radius 2 is 1.62 bits per heavy atom. The summed E-state index contributed by atoms with van der Waals surface area (Å²) in [5, 5.41) is 2.99. The molecule has 1 aliphatic heterocycles. The number of carbonyl (C=O) groups excluding carboxylic acids is 3. The zero-order valence-corrected chi connectivity index (χ0v) is 15.2. The lowest BCUT2D eigenvalue weighted by Gasteiger charge is -2.24. The van der Waals surface area contributed by atoms with Crippen LogP contribution in [0.25, 0.3) is 0 Å². The number of nitrogens with one attached hydrogen (secondary N) is 1. The van der Waals surface area contributed by atoms with Crippen LogP contribution in [0, 0.1) is 0 Å². The van der Waals surface area contributed by atoms with E-state index >= 15 is 0 Å². The molecule has 0 unspecified atom stereocenters. The number of hydrogen-bond acceptors (Lipinski definition) is 3. The van der Waals surface area contributed by atoms with Crippen LogP contribution < -0.4 is 5.32 Å². The first kappa shape index (κ1) is 17.9. The first-order chi connectivity index (χ1) is 12.3.